The Hall–Kier alpha value is -4.33. The molecule has 0 unspecified atom stereocenters. The zero-order valence-corrected chi connectivity index (χ0v) is 19.5. The first-order valence-corrected chi connectivity index (χ1v) is 11.7. The van der Waals surface area contributed by atoms with Gasteiger partial charge in [0, 0.05) is 49.6 Å². The van der Waals surface area contributed by atoms with Crippen molar-refractivity contribution in [2.75, 3.05) is 42.6 Å². The van der Waals surface area contributed by atoms with Gasteiger partial charge in [-0.2, -0.15) is 0 Å². The monoisotopic (exact) mass is 466 g/mol. The van der Waals surface area contributed by atoms with Crippen molar-refractivity contribution in [1.29, 1.82) is 0 Å². The summed E-state index contributed by atoms with van der Waals surface area (Å²) < 4.78 is 5.28. The van der Waals surface area contributed by atoms with Crippen LogP contribution in [0.15, 0.2) is 79.3 Å². The fourth-order valence-electron chi connectivity index (χ4n) is 4.13. The maximum absolute atomic E-state index is 12.7. The molecule has 35 heavy (non-hydrogen) atoms. The lowest BCUT2D eigenvalue weighted by atomic mass is 10.1. The second-order valence-corrected chi connectivity index (χ2v) is 8.12. The SMILES string of the molecule is CCOC(=O)c1cnc(-c2ccccc2)nc1N1CCN(c2cc(-c3ccccc3)ncn2)CC1. The van der Waals surface area contributed by atoms with Crippen molar-refractivity contribution in [3.8, 4) is 22.6 Å². The Labute approximate surface area is 204 Å². The lowest BCUT2D eigenvalue weighted by Gasteiger charge is -2.36. The van der Waals surface area contributed by atoms with Crippen molar-refractivity contribution >= 4 is 17.6 Å². The van der Waals surface area contributed by atoms with Crippen LogP contribution < -0.4 is 9.80 Å². The van der Waals surface area contributed by atoms with Crippen LogP contribution in [0.25, 0.3) is 22.6 Å². The summed E-state index contributed by atoms with van der Waals surface area (Å²) in [6, 6.07) is 21.9. The van der Waals surface area contributed by atoms with Crippen molar-refractivity contribution in [3.05, 3.63) is 84.8 Å². The van der Waals surface area contributed by atoms with Gasteiger partial charge in [0.1, 0.15) is 23.5 Å². The molecule has 1 saturated heterocycles. The predicted octanol–water partition coefficient (Wildman–Crippen LogP) is 4.10. The molecule has 0 atom stereocenters. The number of aromatic nitrogens is 4. The first-order valence-electron chi connectivity index (χ1n) is 11.7. The number of nitrogens with zero attached hydrogens (tertiary/aromatic N) is 6. The van der Waals surface area contributed by atoms with Crippen LogP contribution in [0.2, 0.25) is 0 Å². The molecule has 2 aromatic carbocycles. The van der Waals surface area contributed by atoms with Gasteiger partial charge in [-0.15, -0.1) is 0 Å². The van der Waals surface area contributed by atoms with E-state index in [-0.39, 0.29) is 0 Å². The van der Waals surface area contributed by atoms with Gasteiger partial charge in [-0.05, 0) is 6.92 Å². The molecule has 3 heterocycles. The number of benzene rings is 2. The molecule has 1 fully saturated rings. The molecular weight excluding hydrogens is 440 g/mol. The standard InChI is InChI=1S/C27H26N6O2/c1-2-35-27(34)22-18-28-25(21-11-7-4-8-12-21)31-26(22)33-15-13-32(14-16-33)24-17-23(29-19-30-24)20-9-5-3-6-10-20/h3-12,17-19H,2,13-16H2,1H3. The van der Waals surface area contributed by atoms with Gasteiger partial charge in [0.15, 0.2) is 5.82 Å². The van der Waals surface area contributed by atoms with E-state index in [1.54, 1.807) is 19.4 Å². The maximum atomic E-state index is 12.7. The third kappa shape index (κ3) is 4.96. The average molecular weight is 467 g/mol. The van der Waals surface area contributed by atoms with Crippen LogP contribution in [0.1, 0.15) is 17.3 Å². The van der Waals surface area contributed by atoms with E-state index in [0.717, 1.165) is 35.7 Å². The lowest BCUT2D eigenvalue weighted by Crippen LogP contribution is -2.47. The molecule has 1 aliphatic heterocycles. The maximum Gasteiger partial charge on any atom is 0.343 e. The number of hydrogen-bond acceptors (Lipinski definition) is 8. The summed E-state index contributed by atoms with van der Waals surface area (Å²) in [5.41, 5.74) is 3.24. The Balaban J connectivity index is 1.38. The molecule has 0 aliphatic carbocycles. The minimum Gasteiger partial charge on any atom is -0.462 e. The number of hydrogen-bond donors (Lipinski definition) is 0. The highest BCUT2D eigenvalue weighted by Gasteiger charge is 2.25. The van der Waals surface area contributed by atoms with Crippen LogP contribution in [0.4, 0.5) is 11.6 Å². The van der Waals surface area contributed by atoms with E-state index >= 15 is 0 Å². The van der Waals surface area contributed by atoms with Crippen LogP contribution in [-0.4, -0.2) is 58.7 Å². The lowest BCUT2D eigenvalue weighted by molar-refractivity contribution is 0.0526. The topological polar surface area (TPSA) is 84.3 Å². The summed E-state index contributed by atoms with van der Waals surface area (Å²) >= 11 is 0. The summed E-state index contributed by atoms with van der Waals surface area (Å²) in [7, 11) is 0. The molecule has 1 aliphatic rings. The van der Waals surface area contributed by atoms with Crippen molar-refractivity contribution in [2.24, 2.45) is 0 Å². The zero-order valence-electron chi connectivity index (χ0n) is 19.5. The summed E-state index contributed by atoms with van der Waals surface area (Å²) in [6.45, 7) is 4.92. The van der Waals surface area contributed by atoms with Gasteiger partial charge >= 0.3 is 5.97 Å². The Kier molecular flexibility index (Phi) is 6.61. The molecule has 0 saturated carbocycles. The largest absolute Gasteiger partial charge is 0.462 e. The van der Waals surface area contributed by atoms with Gasteiger partial charge in [-0.1, -0.05) is 60.7 Å². The molecule has 8 heteroatoms. The Morgan fingerprint density at radius 2 is 1.51 bits per heavy atom. The minimum atomic E-state index is -0.409. The van der Waals surface area contributed by atoms with Gasteiger partial charge in [-0.3, -0.25) is 0 Å². The van der Waals surface area contributed by atoms with E-state index in [9.17, 15) is 4.79 Å². The Morgan fingerprint density at radius 1 is 0.857 bits per heavy atom. The van der Waals surface area contributed by atoms with Gasteiger partial charge in [-0.25, -0.2) is 24.7 Å². The van der Waals surface area contributed by atoms with E-state index in [1.165, 1.54) is 0 Å². The predicted molar refractivity (Wildman–Crippen MR) is 135 cm³/mol. The molecule has 0 bridgehead atoms. The highest BCUT2D eigenvalue weighted by atomic mass is 16.5. The van der Waals surface area contributed by atoms with Crippen molar-refractivity contribution in [3.63, 3.8) is 0 Å². The van der Waals surface area contributed by atoms with Crippen molar-refractivity contribution in [1.82, 2.24) is 19.9 Å². The quantitative estimate of drug-likeness (QED) is 0.393. The molecule has 0 amide bonds. The Morgan fingerprint density at radius 3 is 2.20 bits per heavy atom. The van der Waals surface area contributed by atoms with Gasteiger partial charge in [0.05, 0.1) is 12.3 Å². The average Bonchev–Trinajstić information content (AvgIpc) is 2.94. The first kappa shape index (κ1) is 22.5. The highest BCUT2D eigenvalue weighted by molar-refractivity contribution is 5.95. The number of carbonyl (C=O) groups is 1. The second kappa shape index (κ2) is 10.3. The smallest absolute Gasteiger partial charge is 0.343 e. The first-order chi connectivity index (χ1) is 17.2. The molecule has 0 N–H and O–H groups in total. The van der Waals surface area contributed by atoms with Crippen molar-refractivity contribution < 1.29 is 9.53 Å². The van der Waals surface area contributed by atoms with E-state index in [1.807, 2.05) is 66.7 Å². The van der Waals surface area contributed by atoms with Gasteiger partial charge < -0.3 is 14.5 Å². The van der Waals surface area contributed by atoms with Crippen LogP contribution in [-0.2, 0) is 4.74 Å². The van der Waals surface area contributed by atoms with Crippen LogP contribution in [0.5, 0.6) is 0 Å². The van der Waals surface area contributed by atoms with Gasteiger partial charge in [0.2, 0.25) is 0 Å². The number of esters is 1. The fraction of sp³-hybridized carbons (Fsp3) is 0.222. The third-order valence-electron chi connectivity index (χ3n) is 5.92. The van der Waals surface area contributed by atoms with Crippen LogP contribution in [0.3, 0.4) is 0 Å². The normalized spacial score (nSPS) is 13.5. The fourth-order valence-corrected chi connectivity index (χ4v) is 4.13. The van der Waals surface area contributed by atoms with Gasteiger partial charge in [0.25, 0.3) is 0 Å². The van der Waals surface area contributed by atoms with E-state index in [4.69, 9.17) is 9.72 Å². The summed E-state index contributed by atoms with van der Waals surface area (Å²) in [5.74, 6) is 1.66. The second-order valence-electron chi connectivity index (χ2n) is 8.12. The summed E-state index contributed by atoms with van der Waals surface area (Å²) in [4.78, 5) is 35.2. The number of rotatable bonds is 6. The number of anilines is 2. The third-order valence-corrected chi connectivity index (χ3v) is 5.92. The summed E-state index contributed by atoms with van der Waals surface area (Å²) in [6.07, 6.45) is 3.19. The number of carbonyl (C=O) groups excluding carboxylic acids is 1. The molecule has 176 valence electrons. The van der Waals surface area contributed by atoms with E-state index in [2.05, 4.69) is 24.8 Å². The molecule has 0 spiro atoms. The van der Waals surface area contributed by atoms with E-state index < -0.39 is 5.97 Å². The van der Waals surface area contributed by atoms with Crippen LogP contribution >= 0.6 is 0 Å². The number of piperazine rings is 1. The van der Waals surface area contributed by atoms with Crippen LogP contribution in [0, 0.1) is 0 Å². The number of ether oxygens (including phenoxy) is 1. The molecule has 0 radical (unpaired) electrons. The minimum absolute atomic E-state index is 0.296. The molecular formula is C27H26N6O2. The highest BCUT2D eigenvalue weighted by Crippen LogP contribution is 2.26. The zero-order chi connectivity index (χ0) is 24.0. The van der Waals surface area contributed by atoms with Crippen molar-refractivity contribution in [2.45, 2.75) is 6.92 Å². The summed E-state index contributed by atoms with van der Waals surface area (Å²) in [5, 5.41) is 0. The van der Waals surface area contributed by atoms with E-state index in [0.29, 0.717) is 36.9 Å². The molecule has 2 aromatic heterocycles. The molecule has 5 rings (SSSR count). The molecule has 4 aromatic rings. The Bertz CT molecular complexity index is 1290. The molecule has 8 nitrogen and oxygen atoms in total.